The predicted octanol–water partition coefficient (Wildman–Crippen LogP) is 5.52. The molecule has 3 nitrogen and oxygen atoms in total. The van der Waals surface area contributed by atoms with Crippen molar-refractivity contribution >= 4 is 34.8 Å². The minimum Gasteiger partial charge on any atom is -0.272 e. The van der Waals surface area contributed by atoms with Crippen molar-refractivity contribution in [2.75, 3.05) is 0 Å². The Kier molecular flexibility index (Phi) is 4.97. The molecule has 1 aliphatic heterocycles. The maximum atomic E-state index is 13.2. The van der Waals surface area contributed by atoms with E-state index in [9.17, 15) is 4.79 Å². The van der Waals surface area contributed by atoms with Gasteiger partial charge in [0.2, 0.25) is 0 Å². The molecule has 0 spiro atoms. The van der Waals surface area contributed by atoms with Crippen molar-refractivity contribution in [3.63, 3.8) is 0 Å². The van der Waals surface area contributed by atoms with Crippen molar-refractivity contribution < 1.29 is 4.79 Å². The summed E-state index contributed by atoms with van der Waals surface area (Å²) in [6, 6.07) is 24.6. The van der Waals surface area contributed by atoms with E-state index in [2.05, 4.69) is 5.10 Å². The van der Waals surface area contributed by atoms with E-state index in [0.717, 1.165) is 22.4 Å². The van der Waals surface area contributed by atoms with Gasteiger partial charge in [0.25, 0.3) is 5.91 Å². The van der Waals surface area contributed by atoms with Crippen LogP contribution in [0.1, 0.15) is 22.6 Å². The number of carbonyl (C=O) groups is 1. The van der Waals surface area contributed by atoms with Crippen LogP contribution in [-0.4, -0.2) is 16.6 Å². The van der Waals surface area contributed by atoms with E-state index in [-0.39, 0.29) is 5.91 Å². The molecule has 0 aromatic heterocycles. The van der Waals surface area contributed by atoms with Gasteiger partial charge in [-0.1, -0.05) is 77.8 Å². The first-order valence-corrected chi connectivity index (χ1v) is 9.32. The quantitative estimate of drug-likeness (QED) is 0.572. The standard InChI is InChI=1S/C22H16Cl2N2O/c23-18-11-9-17(10-12-18)21-20(16-6-2-1-3-7-16)22(27)26(25-21)14-15-5-4-8-19(24)13-15/h1-13,20H,14H2. The molecule has 1 amide bonds. The largest absolute Gasteiger partial charge is 0.272 e. The van der Waals surface area contributed by atoms with E-state index in [1.54, 1.807) is 0 Å². The van der Waals surface area contributed by atoms with Crippen molar-refractivity contribution in [3.8, 4) is 0 Å². The van der Waals surface area contributed by atoms with Crippen LogP contribution in [0, 0.1) is 0 Å². The van der Waals surface area contributed by atoms with Crippen LogP contribution in [-0.2, 0) is 11.3 Å². The minimum atomic E-state index is -0.438. The fourth-order valence-corrected chi connectivity index (χ4v) is 3.55. The Morgan fingerprint density at radius 3 is 2.30 bits per heavy atom. The second-order valence-electron chi connectivity index (χ2n) is 6.36. The fourth-order valence-electron chi connectivity index (χ4n) is 3.22. The summed E-state index contributed by atoms with van der Waals surface area (Å²) in [5, 5.41) is 7.48. The summed E-state index contributed by atoms with van der Waals surface area (Å²) in [5.41, 5.74) is 3.47. The van der Waals surface area contributed by atoms with Gasteiger partial charge in [-0.05, 0) is 41.0 Å². The van der Waals surface area contributed by atoms with Gasteiger partial charge in [-0.25, -0.2) is 5.01 Å². The number of nitrogens with zero attached hydrogens (tertiary/aromatic N) is 2. The van der Waals surface area contributed by atoms with E-state index < -0.39 is 5.92 Å². The summed E-state index contributed by atoms with van der Waals surface area (Å²) in [7, 11) is 0. The van der Waals surface area contributed by atoms with Crippen molar-refractivity contribution in [2.24, 2.45) is 5.10 Å². The first-order chi connectivity index (χ1) is 13.1. The molecule has 0 aliphatic carbocycles. The first-order valence-electron chi connectivity index (χ1n) is 8.57. The maximum Gasteiger partial charge on any atom is 0.256 e. The third-order valence-electron chi connectivity index (χ3n) is 4.50. The van der Waals surface area contributed by atoms with Crippen LogP contribution in [0.5, 0.6) is 0 Å². The Balaban J connectivity index is 1.73. The number of carbonyl (C=O) groups excluding carboxylic acids is 1. The van der Waals surface area contributed by atoms with Crippen LogP contribution in [0.4, 0.5) is 0 Å². The number of amides is 1. The summed E-state index contributed by atoms with van der Waals surface area (Å²) in [5.74, 6) is -0.488. The molecule has 1 unspecified atom stereocenters. The van der Waals surface area contributed by atoms with Crippen LogP contribution in [0.25, 0.3) is 0 Å². The Morgan fingerprint density at radius 1 is 0.852 bits per heavy atom. The van der Waals surface area contributed by atoms with Gasteiger partial charge in [-0.2, -0.15) is 5.10 Å². The minimum absolute atomic E-state index is 0.0499. The lowest BCUT2D eigenvalue weighted by atomic mass is 9.90. The SMILES string of the molecule is O=C1C(c2ccccc2)C(c2ccc(Cl)cc2)=NN1Cc1cccc(Cl)c1. The molecule has 3 aromatic carbocycles. The Hall–Kier alpha value is -2.62. The van der Waals surface area contributed by atoms with Gasteiger partial charge in [0.15, 0.2) is 0 Å². The molecule has 5 heteroatoms. The first kappa shape index (κ1) is 17.8. The average Bonchev–Trinajstić information content (AvgIpc) is 2.99. The number of halogens is 2. The smallest absolute Gasteiger partial charge is 0.256 e. The third-order valence-corrected chi connectivity index (χ3v) is 4.98. The summed E-state index contributed by atoms with van der Waals surface area (Å²) >= 11 is 12.1. The highest BCUT2D eigenvalue weighted by Crippen LogP contribution is 2.31. The van der Waals surface area contributed by atoms with Crippen molar-refractivity contribution in [1.82, 2.24) is 5.01 Å². The molecule has 3 aromatic rings. The number of hydrazone groups is 1. The van der Waals surface area contributed by atoms with Gasteiger partial charge in [0, 0.05) is 10.0 Å². The normalized spacial score (nSPS) is 16.5. The van der Waals surface area contributed by atoms with Gasteiger partial charge in [0.1, 0.15) is 5.92 Å². The van der Waals surface area contributed by atoms with Crippen molar-refractivity contribution in [3.05, 3.63) is 106 Å². The molecule has 0 bridgehead atoms. The zero-order valence-corrected chi connectivity index (χ0v) is 15.9. The molecule has 0 radical (unpaired) electrons. The Bertz CT molecular complexity index is 1000. The highest BCUT2D eigenvalue weighted by Gasteiger charge is 2.37. The van der Waals surface area contributed by atoms with E-state index in [1.165, 1.54) is 5.01 Å². The van der Waals surface area contributed by atoms with Crippen molar-refractivity contribution in [2.45, 2.75) is 12.5 Å². The summed E-state index contributed by atoms with van der Waals surface area (Å²) < 4.78 is 0. The molecule has 4 rings (SSSR count). The van der Waals surface area contributed by atoms with E-state index in [1.807, 2.05) is 78.9 Å². The van der Waals surface area contributed by atoms with Gasteiger partial charge < -0.3 is 0 Å². The second kappa shape index (κ2) is 7.55. The lowest BCUT2D eigenvalue weighted by Gasteiger charge is -2.15. The lowest BCUT2D eigenvalue weighted by molar-refractivity contribution is -0.130. The van der Waals surface area contributed by atoms with Crippen LogP contribution >= 0.6 is 23.2 Å². The molecule has 1 aliphatic rings. The molecular weight excluding hydrogens is 379 g/mol. The summed E-state index contributed by atoms with van der Waals surface area (Å²) in [6.07, 6.45) is 0. The number of rotatable bonds is 4. The average molecular weight is 395 g/mol. The predicted molar refractivity (Wildman–Crippen MR) is 109 cm³/mol. The van der Waals surface area contributed by atoms with E-state index in [0.29, 0.717) is 16.6 Å². The third kappa shape index (κ3) is 3.75. The van der Waals surface area contributed by atoms with Crippen LogP contribution in [0.15, 0.2) is 84.0 Å². The van der Waals surface area contributed by atoms with Gasteiger partial charge >= 0.3 is 0 Å². The highest BCUT2D eigenvalue weighted by atomic mass is 35.5. The van der Waals surface area contributed by atoms with Gasteiger partial charge in [-0.3, -0.25) is 4.79 Å². The zero-order chi connectivity index (χ0) is 18.8. The molecule has 0 saturated carbocycles. The Labute approximate surface area is 167 Å². The molecule has 1 atom stereocenters. The molecule has 1 heterocycles. The molecule has 0 fully saturated rings. The summed E-state index contributed by atoms with van der Waals surface area (Å²) in [6.45, 7) is 0.375. The second-order valence-corrected chi connectivity index (χ2v) is 7.23. The molecule has 27 heavy (non-hydrogen) atoms. The lowest BCUT2D eigenvalue weighted by Crippen LogP contribution is -2.26. The van der Waals surface area contributed by atoms with Crippen LogP contribution in [0.2, 0.25) is 10.0 Å². The monoisotopic (exact) mass is 394 g/mol. The number of benzene rings is 3. The fraction of sp³-hybridized carbons (Fsp3) is 0.0909. The van der Waals surface area contributed by atoms with E-state index in [4.69, 9.17) is 23.2 Å². The highest BCUT2D eigenvalue weighted by molar-refractivity contribution is 6.31. The van der Waals surface area contributed by atoms with Crippen molar-refractivity contribution in [1.29, 1.82) is 0 Å². The maximum absolute atomic E-state index is 13.2. The van der Waals surface area contributed by atoms with Gasteiger partial charge in [0.05, 0.1) is 12.3 Å². The van der Waals surface area contributed by atoms with E-state index >= 15 is 0 Å². The zero-order valence-electron chi connectivity index (χ0n) is 14.3. The van der Waals surface area contributed by atoms with Gasteiger partial charge in [-0.15, -0.1) is 0 Å². The molecular formula is C22H16Cl2N2O. The molecule has 0 saturated heterocycles. The Morgan fingerprint density at radius 2 is 1.59 bits per heavy atom. The number of hydrogen-bond acceptors (Lipinski definition) is 2. The topological polar surface area (TPSA) is 32.7 Å². The molecule has 0 N–H and O–H groups in total. The number of hydrogen-bond donors (Lipinski definition) is 0. The van der Waals surface area contributed by atoms with Crippen LogP contribution < -0.4 is 0 Å². The summed E-state index contributed by atoms with van der Waals surface area (Å²) in [4.78, 5) is 13.2. The molecule has 134 valence electrons. The van der Waals surface area contributed by atoms with Crippen LogP contribution in [0.3, 0.4) is 0 Å².